The minimum atomic E-state index is 0.350. The van der Waals surface area contributed by atoms with Crippen molar-refractivity contribution in [3.63, 3.8) is 0 Å². The van der Waals surface area contributed by atoms with Crippen LogP contribution in [-0.2, 0) is 0 Å². The molecule has 15 heavy (non-hydrogen) atoms. The minimum Gasteiger partial charge on any atom is -0.453 e. The maximum absolute atomic E-state index is 10.5. The monoisotopic (exact) mass is 264 g/mol. The summed E-state index contributed by atoms with van der Waals surface area (Å²) in [6.07, 6.45) is 0.703. The second-order valence-corrected chi connectivity index (χ2v) is 4.25. The average molecular weight is 265 g/mol. The number of aryl methyl sites for hydroxylation is 1. The van der Waals surface area contributed by atoms with Gasteiger partial charge in [0.2, 0.25) is 0 Å². The number of furan rings is 1. The van der Waals surface area contributed by atoms with E-state index in [0.717, 1.165) is 15.6 Å². The lowest BCUT2D eigenvalue weighted by atomic mass is 10.1. The fraction of sp³-hybridized carbons (Fsp3) is 0.0833. The molecule has 2 rings (SSSR count). The molecule has 0 N–H and O–H groups in total. The van der Waals surface area contributed by atoms with E-state index < -0.39 is 0 Å². The van der Waals surface area contributed by atoms with Gasteiger partial charge in [0.25, 0.3) is 0 Å². The van der Waals surface area contributed by atoms with Gasteiger partial charge in [0, 0.05) is 10.0 Å². The Hall–Kier alpha value is -1.35. The lowest BCUT2D eigenvalue weighted by molar-refractivity contribution is 0.110. The molecule has 0 aliphatic carbocycles. The van der Waals surface area contributed by atoms with E-state index >= 15 is 0 Å². The van der Waals surface area contributed by atoms with E-state index in [4.69, 9.17) is 4.42 Å². The number of hydrogen-bond donors (Lipinski definition) is 0. The third kappa shape index (κ3) is 2.18. The summed E-state index contributed by atoms with van der Waals surface area (Å²) in [7, 11) is 0. The van der Waals surface area contributed by atoms with E-state index in [9.17, 15) is 4.79 Å². The fourth-order valence-corrected chi connectivity index (χ4v) is 2.06. The highest BCUT2D eigenvalue weighted by Gasteiger charge is 2.05. The molecule has 0 atom stereocenters. The van der Waals surface area contributed by atoms with Crippen LogP contribution in [0.25, 0.3) is 11.3 Å². The molecule has 1 heterocycles. The van der Waals surface area contributed by atoms with Crippen LogP contribution in [0.3, 0.4) is 0 Å². The Kier molecular flexibility index (Phi) is 2.73. The first-order valence-corrected chi connectivity index (χ1v) is 5.31. The number of aldehydes is 1. The number of rotatable bonds is 2. The van der Waals surface area contributed by atoms with Gasteiger partial charge >= 0.3 is 0 Å². The van der Waals surface area contributed by atoms with Crippen LogP contribution in [0.5, 0.6) is 0 Å². The summed E-state index contributed by atoms with van der Waals surface area (Å²) >= 11 is 3.42. The quantitative estimate of drug-likeness (QED) is 0.772. The highest BCUT2D eigenvalue weighted by atomic mass is 79.9. The molecule has 0 bridgehead atoms. The van der Waals surface area contributed by atoms with Crippen molar-refractivity contribution in [2.45, 2.75) is 6.92 Å². The van der Waals surface area contributed by atoms with E-state index in [-0.39, 0.29) is 0 Å². The number of benzene rings is 1. The molecule has 0 spiro atoms. The molecule has 0 aliphatic rings. The highest BCUT2D eigenvalue weighted by Crippen LogP contribution is 2.26. The van der Waals surface area contributed by atoms with Crippen LogP contribution in [-0.4, -0.2) is 6.29 Å². The molecule has 0 aliphatic heterocycles. The molecule has 1 aromatic heterocycles. The predicted molar refractivity (Wildman–Crippen MR) is 62.0 cm³/mol. The average Bonchev–Trinajstić information content (AvgIpc) is 2.64. The smallest absolute Gasteiger partial charge is 0.185 e. The van der Waals surface area contributed by atoms with Gasteiger partial charge in [-0.2, -0.15) is 0 Å². The topological polar surface area (TPSA) is 30.2 Å². The third-order valence-corrected chi connectivity index (χ3v) is 2.53. The summed E-state index contributed by atoms with van der Waals surface area (Å²) in [5.41, 5.74) is 2.11. The zero-order valence-electron chi connectivity index (χ0n) is 8.16. The summed E-state index contributed by atoms with van der Waals surface area (Å²) in [5, 5.41) is 0. The van der Waals surface area contributed by atoms with Crippen molar-refractivity contribution < 1.29 is 9.21 Å². The van der Waals surface area contributed by atoms with Gasteiger partial charge in [0.15, 0.2) is 12.0 Å². The molecule has 3 heteroatoms. The maximum atomic E-state index is 10.5. The second-order valence-electron chi connectivity index (χ2n) is 3.34. The number of carbonyl (C=O) groups is 1. The van der Waals surface area contributed by atoms with E-state index in [1.807, 2.05) is 25.1 Å². The predicted octanol–water partition coefficient (Wildman–Crippen LogP) is 3.83. The Morgan fingerprint density at radius 1 is 1.27 bits per heavy atom. The van der Waals surface area contributed by atoms with Crippen LogP contribution in [0.15, 0.2) is 39.2 Å². The van der Waals surface area contributed by atoms with Crippen molar-refractivity contribution in [3.8, 4) is 11.3 Å². The molecule has 0 unspecified atom stereocenters. The number of hydrogen-bond acceptors (Lipinski definition) is 2. The normalized spacial score (nSPS) is 10.3. The molecule has 2 nitrogen and oxygen atoms in total. The molecule has 0 amide bonds. The molecule has 1 aromatic carbocycles. The van der Waals surface area contributed by atoms with Gasteiger partial charge in [-0.1, -0.05) is 15.9 Å². The lowest BCUT2D eigenvalue weighted by Gasteiger charge is -2.00. The Balaban J connectivity index is 2.48. The Morgan fingerprint density at radius 2 is 2.07 bits per heavy atom. The molecule has 76 valence electrons. The number of halogens is 1. The minimum absolute atomic E-state index is 0.350. The van der Waals surface area contributed by atoms with Crippen LogP contribution in [0.4, 0.5) is 0 Å². The van der Waals surface area contributed by atoms with Crippen molar-refractivity contribution in [2.75, 3.05) is 0 Å². The Labute approximate surface area is 96.0 Å². The molecule has 0 fully saturated rings. The first kappa shape index (κ1) is 10.2. The van der Waals surface area contributed by atoms with Crippen molar-refractivity contribution in [2.24, 2.45) is 0 Å². The second kappa shape index (κ2) is 4.03. The van der Waals surface area contributed by atoms with Crippen LogP contribution >= 0.6 is 15.9 Å². The Morgan fingerprint density at radius 3 is 2.67 bits per heavy atom. The number of carbonyl (C=O) groups excluding carboxylic acids is 1. The van der Waals surface area contributed by atoms with Gasteiger partial charge in [-0.3, -0.25) is 4.79 Å². The summed E-state index contributed by atoms with van der Waals surface area (Å²) in [5.74, 6) is 1.06. The van der Waals surface area contributed by atoms with E-state index in [1.54, 1.807) is 12.1 Å². The van der Waals surface area contributed by atoms with Gasteiger partial charge in [-0.25, -0.2) is 0 Å². The molecule has 0 saturated carbocycles. The molecular formula is C12H9BrO2. The molecular weight excluding hydrogens is 256 g/mol. The highest BCUT2D eigenvalue weighted by molar-refractivity contribution is 9.10. The van der Waals surface area contributed by atoms with Crippen molar-refractivity contribution >= 4 is 22.2 Å². The van der Waals surface area contributed by atoms with E-state index in [1.165, 1.54) is 0 Å². The standard InChI is InChI=1S/C12H9BrO2/c1-8-4-9(6-10(13)5-8)12-3-2-11(7-14)15-12/h2-7H,1H3. The maximum Gasteiger partial charge on any atom is 0.185 e. The van der Waals surface area contributed by atoms with Gasteiger partial charge < -0.3 is 4.42 Å². The van der Waals surface area contributed by atoms with Crippen LogP contribution < -0.4 is 0 Å². The first-order chi connectivity index (χ1) is 7.19. The zero-order valence-corrected chi connectivity index (χ0v) is 9.74. The SMILES string of the molecule is Cc1cc(Br)cc(-c2ccc(C=O)o2)c1. The van der Waals surface area contributed by atoms with Gasteiger partial charge in [0.1, 0.15) is 5.76 Å². The van der Waals surface area contributed by atoms with Gasteiger partial charge in [-0.15, -0.1) is 0 Å². The van der Waals surface area contributed by atoms with Gasteiger partial charge in [-0.05, 0) is 42.8 Å². The fourth-order valence-electron chi connectivity index (χ4n) is 1.45. The van der Waals surface area contributed by atoms with E-state index in [2.05, 4.69) is 15.9 Å². The zero-order chi connectivity index (χ0) is 10.8. The first-order valence-electron chi connectivity index (χ1n) is 4.51. The summed E-state index contributed by atoms with van der Waals surface area (Å²) in [6, 6.07) is 9.45. The van der Waals surface area contributed by atoms with Crippen LogP contribution in [0.2, 0.25) is 0 Å². The largest absolute Gasteiger partial charge is 0.453 e. The lowest BCUT2D eigenvalue weighted by Crippen LogP contribution is -1.78. The van der Waals surface area contributed by atoms with E-state index in [0.29, 0.717) is 17.8 Å². The van der Waals surface area contributed by atoms with Crippen molar-refractivity contribution in [1.29, 1.82) is 0 Å². The van der Waals surface area contributed by atoms with Crippen LogP contribution in [0.1, 0.15) is 16.1 Å². The molecule has 2 aromatic rings. The summed E-state index contributed by atoms with van der Waals surface area (Å²) in [4.78, 5) is 10.5. The third-order valence-electron chi connectivity index (χ3n) is 2.07. The van der Waals surface area contributed by atoms with Gasteiger partial charge in [0.05, 0.1) is 0 Å². The Bertz CT molecular complexity index is 480. The van der Waals surface area contributed by atoms with Crippen LogP contribution in [0, 0.1) is 6.92 Å². The molecule has 0 radical (unpaired) electrons. The summed E-state index contributed by atoms with van der Waals surface area (Å²) < 4.78 is 6.34. The van der Waals surface area contributed by atoms with Crippen molar-refractivity contribution in [1.82, 2.24) is 0 Å². The van der Waals surface area contributed by atoms with Crippen molar-refractivity contribution in [3.05, 3.63) is 46.1 Å². The molecule has 0 saturated heterocycles. The summed E-state index contributed by atoms with van der Waals surface area (Å²) in [6.45, 7) is 2.01.